The molecule has 1 N–H and O–H groups in total. The molecule has 4 heterocycles. The van der Waals surface area contributed by atoms with Gasteiger partial charge >= 0.3 is 0 Å². The number of aliphatic hydroxyl groups is 1. The summed E-state index contributed by atoms with van der Waals surface area (Å²) in [6.07, 6.45) is 7.03. The van der Waals surface area contributed by atoms with Crippen LogP contribution in [0.3, 0.4) is 0 Å². The number of likely N-dealkylation sites (tertiary alicyclic amines) is 1. The molecule has 0 bridgehead atoms. The SMILES string of the molecule is Cn1cc(C(=O)N2CCC(O)(Cn3cnc4c(ccn4-c4ccc(F)cc4)c3=O)CC2)cn1. The van der Waals surface area contributed by atoms with Crippen LogP contribution in [0.5, 0.6) is 0 Å². The average molecular weight is 450 g/mol. The third-order valence-electron chi connectivity index (χ3n) is 6.17. The van der Waals surface area contributed by atoms with E-state index in [0.29, 0.717) is 48.2 Å². The number of nitrogens with zero attached hydrogens (tertiary/aromatic N) is 6. The number of aryl methyl sites for hydroxylation is 1. The lowest BCUT2D eigenvalue weighted by atomic mass is 9.91. The van der Waals surface area contributed by atoms with Gasteiger partial charge in [0.25, 0.3) is 11.5 Å². The molecule has 1 aliphatic rings. The van der Waals surface area contributed by atoms with Crippen LogP contribution in [0.4, 0.5) is 4.39 Å². The predicted molar refractivity (Wildman–Crippen MR) is 119 cm³/mol. The predicted octanol–water partition coefficient (Wildman–Crippen LogP) is 1.73. The van der Waals surface area contributed by atoms with Gasteiger partial charge in [-0.1, -0.05) is 0 Å². The van der Waals surface area contributed by atoms with Crippen molar-refractivity contribution in [2.75, 3.05) is 13.1 Å². The summed E-state index contributed by atoms with van der Waals surface area (Å²) in [6, 6.07) is 7.60. The van der Waals surface area contributed by atoms with E-state index < -0.39 is 5.60 Å². The molecule has 170 valence electrons. The maximum absolute atomic E-state index is 13.2. The summed E-state index contributed by atoms with van der Waals surface area (Å²) in [5, 5.41) is 15.6. The standard InChI is InChI=1S/C23H23FN6O3/c1-27-13-16(12-26-27)21(31)28-10-7-23(33,8-11-28)14-29-15-25-20-19(22(29)32)6-9-30(20)18-4-2-17(24)3-5-18/h2-6,9,12-13,15,33H,7-8,10-11,14H2,1H3. The van der Waals surface area contributed by atoms with Crippen LogP contribution in [0.1, 0.15) is 23.2 Å². The van der Waals surface area contributed by atoms with E-state index >= 15 is 0 Å². The average Bonchev–Trinajstić information content (AvgIpc) is 3.43. The van der Waals surface area contributed by atoms with Crippen LogP contribution < -0.4 is 5.56 Å². The number of benzene rings is 1. The number of hydrogen-bond donors (Lipinski definition) is 1. The van der Waals surface area contributed by atoms with E-state index in [4.69, 9.17) is 0 Å². The van der Waals surface area contributed by atoms with E-state index in [1.165, 1.54) is 29.2 Å². The van der Waals surface area contributed by atoms with E-state index in [9.17, 15) is 19.1 Å². The fourth-order valence-electron chi connectivity index (χ4n) is 4.29. The van der Waals surface area contributed by atoms with E-state index in [1.807, 2.05) is 0 Å². The van der Waals surface area contributed by atoms with Crippen LogP contribution in [0.25, 0.3) is 16.7 Å². The first-order chi connectivity index (χ1) is 15.8. The number of halogens is 1. The molecule has 0 unspecified atom stereocenters. The Bertz CT molecular complexity index is 1380. The summed E-state index contributed by atoms with van der Waals surface area (Å²) >= 11 is 0. The second-order valence-electron chi connectivity index (χ2n) is 8.50. The molecule has 9 nitrogen and oxygen atoms in total. The third kappa shape index (κ3) is 3.93. The number of amides is 1. The third-order valence-corrected chi connectivity index (χ3v) is 6.17. The van der Waals surface area contributed by atoms with Gasteiger partial charge in [0.05, 0.1) is 29.3 Å². The number of hydrogen-bond acceptors (Lipinski definition) is 5. The molecule has 1 aromatic carbocycles. The highest BCUT2D eigenvalue weighted by Crippen LogP contribution is 2.25. The van der Waals surface area contributed by atoms with Crippen molar-refractivity contribution in [2.24, 2.45) is 7.05 Å². The second kappa shape index (κ2) is 7.96. The zero-order chi connectivity index (χ0) is 23.2. The molecule has 1 saturated heterocycles. The Morgan fingerprint density at radius 2 is 1.91 bits per heavy atom. The molecule has 0 atom stereocenters. The lowest BCUT2D eigenvalue weighted by Gasteiger charge is -2.38. The van der Waals surface area contributed by atoms with Gasteiger partial charge in [-0.3, -0.25) is 18.8 Å². The summed E-state index contributed by atoms with van der Waals surface area (Å²) in [4.78, 5) is 31.8. The number of fused-ring (bicyclic) bond motifs is 1. The zero-order valence-electron chi connectivity index (χ0n) is 18.1. The number of carbonyl (C=O) groups excluding carboxylic acids is 1. The molecule has 1 aliphatic heterocycles. The largest absolute Gasteiger partial charge is 0.388 e. The quantitative estimate of drug-likeness (QED) is 0.511. The van der Waals surface area contributed by atoms with Crippen LogP contribution in [0.2, 0.25) is 0 Å². The van der Waals surface area contributed by atoms with Crippen LogP contribution in [-0.4, -0.2) is 58.5 Å². The van der Waals surface area contributed by atoms with E-state index in [0.717, 1.165) is 0 Å². The van der Waals surface area contributed by atoms with Crippen LogP contribution >= 0.6 is 0 Å². The Kier molecular flexibility index (Phi) is 5.09. The minimum atomic E-state index is -1.12. The van der Waals surface area contributed by atoms with E-state index in [2.05, 4.69) is 10.1 Å². The summed E-state index contributed by atoms with van der Waals surface area (Å²) in [7, 11) is 1.75. The molecular weight excluding hydrogens is 427 g/mol. The Labute approximate surface area is 188 Å². The fraction of sp³-hybridized carbons (Fsp3) is 0.304. The van der Waals surface area contributed by atoms with Crippen molar-refractivity contribution in [3.8, 4) is 5.69 Å². The van der Waals surface area contributed by atoms with Gasteiger partial charge in [-0.25, -0.2) is 9.37 Å². The van der Waals surface area contributed by atoms with Gasteiger partial charge in [-0.05, 0) is 43.2 Å². The highest BCUT2D eigenvalue weighted by atomic mass is 19.1. The van der Waals surface area contributed by atoms with Crippen LogP contribution in [0.15, 0.2) is 60.0 Å². The number of aromatic nitrogens is 5. The molecule has 5 rings (SSSR count). The lowest BCUT2D eigenvalue weighted by molar-refractivity contribution is -0.0299. The monoisotopic (exact) mass is 450 g/mol. The Balaban J connectivity index is 1.33. The molecule has 0 saturated carbocycles. The maximum atomic E-state index is 13.2. The number of carbonyl (C=O) groups is 1. The van der Waals surface area contributed by atoms with Crippen LogP contribution in [-0.2, 0) is 13.6 Å². The zero-order valence-corrected chi connectivity index (χ0v) is 18.1. The topological polar surface area (TPSA) is 98.2 Å². The van der Waals surface area contributed by atoms with Gasteiger partial charge in [-0.2, -0.15) is 5.10 Å². The van der Waals surface area contributed by atoms with Gasteiger partial charge in [-0.15, -0.1) is 0 Å². The summed E-state index contributed by atoms with van der Waals surface area (Å²) in [5.41, 5.74) is 0.291. The van der Waals surface area contributed by atoms with Crippen molar-refractivity contribution in [2.45, 2.75) is 25.0 Å². The van der Waals surface area contributed by atoms with Crippen molar-refractivity contribution in [3.63, 3.8) is 0 Å². The van der Waals surface area contributed by atoms with Crippen LogP contribution in [0, 0.1) is 5.82 Å². The normalized spacial score (nSPS) is 15.8. The van der Waals surface area contributed by atoms with Gasteiger partial charge < -0.3 is 14.6 Å². The highest BCUT2D eigenvalue weighted by Gasteiger charge is 2.35. The van der Waals surface area contributed by atoms with Gasteiger partial charge in [0.15, 0.2) is 5.65 Å². The number of rotatable bonds is 4. The summed E-state index contributed by atoms with van der Waals surface area (Å²) < 4.78 is 18.0. The van der Waals surface area contributed by atoms with Gasteiger partial charge in [0.1, 0.15) is 12.1 Å². The minimum absolute atomic E-state index is 0.0887. The Morgan fingerprint density at radius 3 is 2.58 bits per heavy atom. The van der Waals surface area contributed by atoms with Gasteiger partial charge in [0.2, 0.25) is 0 Å². The summed E-state index contributed by atoms with van der Waals surface area (Å²) in [6.45, 7) is 0.858. The smallest absolute Gasteiger partial charge is 0.262 e. The molecule has 0 aliphatic carbocycles. The first-order valence-corrected chi connectivity index (χ1v) is 10.7. The first kappa shape index (κ1) is 21.1. The molecule has 0 radical (unpaired) electrons. The molecule has 3 aromatic heterocycles. The van der Waals surface area contributed by atoms with Crippen molar-refractivity contribution in [1.29, 1.82) is 0 Å². The molecule has 33 heavy (non-hydrogen) atoms. The highest BCUT2D eigenvalue weighted by molar-refractivity contribution is 5.93. The molecule has 0 spiro atoms. The van der Waals surface area contributed by atoms with Gasteiger partial charge in [0, 0.05) is 38.2 Å². The second-order valence-corrected chi connectivity index (χ2v) is 8.50. The summed E-state index contributed by atoms with van der Waals surface area (Å²) in [5.74, 6) is -0.459. The first-order valence-electron chi connectivity index (χ1n) is 10.7. The Hall–Kier alpha value is -3.79. The lowest BCUT2D eigenvalue weighted by Crippen LogP contribution is -2.49. The maximum Gasteiger partial charge on any atom is 0.262 e. The van der Waals surface area contributed by atoms with Crippen molar-refractivity contribution in [3.05, 3.63) is 77.0 Å². The van der Waals surface area contributed by atoms with Crippen molar-refractivity contribution in [1.82, 2.24) is 28.8 Å². The molecule has 4 aromatic rings. The van der Waals surface area contributed by atoms with Crippen molar-refractivity contribution < 1.29 is 14.3 Å². The van der Waals surface area contributed by atoms with E-state index in [1.54, 1.807) is 51.8 Å². The fourth-order valence-corrected chi connectivity index (χ4v) is 4.29. The Morgan fingerprint density at radius 1 is 1.18 bits per heavy atom. The molecule has 1 amide bonds. The van der Waals surface area contributed by atoms with Crippen molar-refractivity contribution >= 4 is 16.9 Å². The molecular formula is C23H23FN6O3. The van der Waals surface area contributed by atoms with E-state index in [-0.39, 0.29) is 23.8 Å². The minimum Gasteiger partial charge on any atom is -0.388 e. The number of piperidine rings is 1. The molecule has 1 fully saturated rings. The molecule has 10 heteroatoms.